The van der Waals surface area contributed by atoms with Gasteiger partial charge in [-0.1, -0.05) is 39.0 Å². The highest BCUT2D eigenvalue weighted by molar-refractivity contribution is 5.87. The van der Waals surface area contributed by atoms with E-state index in [9.17, 15) is 9.59 Å². The smallest absolute Gasteiger partial charge is 0.249 e. The average molecular weight is 310 g/mol. The van der Waals surface area contributed by atoms with Gasteiger partial charge in [0.2, 0.25) is 11.8 Å². The highest BCUT2D eigenvalue weighted by Gasteiger charge is 2.24. The van der Waals surface area contributed by atoms with Crippen molar-refractivity contribution in [2.75, 3.05) is 6.54 Å². The molecule has 0 saturated heterocycles. The molecule has 2 rings (SSSR count). The van der Waals surface area contributed by atoms with Gasteiger partial charge in [-0.3, -0.25) is 9.59 Å². The summed E-state index contributed by atoms with van der Waals surface area (Å²) in [5, 5.41) is 5.73. The molecule has 5 heteroatoms. The summed E-state index contributed by atoms with van der Waals surface area (Å²) in [6.07, 6.45) is 10.7. The second kappa shape index (κ2) is 9.13. The maximum Gasteiger partial charge on any atom is 0.249 e. The van der Waals surface area contributed by atoms with Gasteiger partial charge in [0, 0.05) is 6.04 Å². The predicted molar refractivity (Wildman–Crippen MR) is 85.4 cm³/mol. The molecule has 2 aliphatic rings. The van der Waals surface area contributed by atoms with Crippen LogP contribution in [0.15, 0.2) is 0 Å². The Morgan fingerprint density at radius 2 is 1.68 bits per heavy atom. The largest absolute Gasteiger partial charge is 0.365 e. The monoisotopic (exact) mass is 310 g/mol. The molecule has 5 nitrogen and oxygen atoms in total. The van der Waals surface area contributed by atoms with E-state index in [0.29, 0.717) is 6.42 Å². The molecule has 0 aromatic carbocycles. The van der Waals surface area contributed by atoms with Crippen molar-refractivity contribution < 1.29 is 14.3 Å². The fourth-order valence-electron chi connectivity index (χ4n) is 3.41. The van der Waals surface area contributed by atoms with Crippen molar-refractivity contribution in [1.82, 2.24) is 10.6 Å². The molecular weight excluding hydrogens is 280 g/mol. The Bertz CT molecular complexity index is 361. The van der Waals surface area contributed by atoms with Crippen LogP contribution in [0.4, 0.5) is 0 Å². The zero-order valence-corrected chi connectivity index (χ0v) is 13.7. The van der Waals surface area contributed by atoms with E-state index in [4.69, 9.17) is 4.74 Å². The molecule has 0 aromatic rings. The van der Waals surface area contributed by atoms with Gasteiger partial charge in [-0.25, -0.2) is 0 Å². The molecule has 1 atom stereocenters. The SMILES string of the molecule is CCC(OC1CCCC1)C(=O)NCC(=O)NC1CCCCC1. The van der Waals surface area contributed by atoms with Gasteiger partial charge >= 0.3 is 0 Å². The molecule has 2 fully saturated rings. The van der Waals surface area contributed by atoms with Gasteiger partial charge in [0.15, 0.2) is 0 Å². The summed E-state index contributed by atoms with van der Waals surface area (Å²) in [4.78, 5) is 24.0. The first-order valence-corrected chi connectivity index (χ1v) is 8.91. The van der Waals surface area contributed by atoms with Crippen LogP contribution < -0.4 is 10.6 Å². The number of rotatable bonds is 7. The van der Waals surface area contributed by atoms with E-state index in [1.165, 1.54) is 32.1 Å². The van der Waals surface area contributed by atoms with Gasteiger partial charge in [-0.15, -0.1) is 0 Å². The number of carbonyl (C=O) groups is 2. The van der Waals surface area contributed by atoms with E-state index < -0.39 is 6.10 Å². The highest BCUT2D eigenvalue weighted by Crippen LogP contribution is 2.23. The van der Waals surface area contributed by atoms with Crippen LogP contribution in [-0.4, -0.2) is 36.6 Å². The molecule has 2 amide bonds. The first-order chi connectivity index (χ1) is 10.7. The molecule has 0 aliphatic heterocycles. The molecule has 126 valence electrons. The van der Waals surface area contributed by atoms with Crippen LogP contribution in [0.25, 0.3) is 0 Å². The quantitative estimate of drug-likeness (QED) is 0.758. The van der Waals surface area contributed by atoms with Crippen LogP contribution in [0.3, 0.4) is 0 Å². The fourth-order valence-corrected chi connectivity index (χ4v) is 3.41. The zero-order chi connectivity index (χ0) is 15.8. The van der Waals surface area contributed by atoms with Crippen molar-refractivity contribution in [3.8, 4) is 0 Å². The van der Waals surface area contributed by atoms with Crippen LogP contribution in [0.2, 0.25) is 0 Å². The van der Waals surface area contributed by atoms with Crippen molar-refractivity contribution >= 4 is 11.8 Å². The van der Waals surface area contributed by atoms with Crippen LogP contribution in [0.1, 0.15) is 71.1 Å². The third-order valence-corrected chi connectivity index (χ3v) is 4.72. The van der Waals surface area contributed by atoms with Gasteiger partial charge in [-0.2, -0.15) is 0 Å². The van der Waals surface area contributed by atoms with Crippen molar-refractivity contribution in [3.05, 3.63) is 0 Å². The molecule has 0 bridgehead atoms. The lowest BCUT2D eigenvalue weighted by molar-refractivity contribution is -0.138. The topological polar surface area (TPSA) is 67.4 Å². The minimum Gasteiger partial charge on any atom is -0.365 e. The molecule has 1 unspecified atom stereocenters. The van der Waals surface area contributed by atoms with E-state index in [1.807, 2.05) is 6.92 Å². The molecule has 0 radical (unpaired) electrons. The zero-order valence-electron chi connectivity index (χ0n) is 13.7. The lowest BCUT2D eigenvalue weighted by Gasteiger charge is -2.23. The molecule has 2 aliphatic carbocycles. The van der Waals surface area contributed by atoms with E-state index in [1.54, 1.807) is 0 Å². The van der Waals surface area contributed by atoms with Gasteiger partial charge in [-0.05, 0) is 32.1 Å². The lowest BCUT2D eigenvalue weighted by Crippen LogP contribution is -2.45. The van der Waals surface area contributed by atoms with Crippen molar-refractivity contribution in [2.24, 2.45) is 0 Å². The third kappa shape index (κ3) is 5.59. The summed E-state index contributed by atoms with van der Waals surface area (Å²) < 4.78 is 5.86. The second-order valence-electron chi connectivity index (χ2n) is 6.56. The normalized spacial score (nSPS) is 21.5. The summed E-state index contributed by atoms with van der Waals surface area (Å²) in [5.74, 6) is -0.246. The van der Waals surface area contributed by atoms with Crippen LogP contribution in [0.5, 0.6) is 0 Å². The Morgan fingerprint density at radius 1 is 1.05 bits per heavy atom. The van der Waals surface area contributed by atoms with Gasteiger partial charge < -0.3 is 15.4 Å². The van der Waals surface area contributed by atoms with Crippen LogP contribution >= 0.6 is 0 Å². The van der Waals surface area contributed by atoms with Crippen molar-refractivity contribution in [3.63, 3.8) is 0 Å². The summed E-state index contributed by atoms with van der Waals surface area (Å²) in [6.45, 7) is 2.00. The maximum absolute atomic E-state index is 12.1. The summed E-state index contributed by atoms with van der Waals surface area (Å²) in [5.41, 5.74) is 0. The summed E-state index contributed by atoms with van der Waals surface area (Å²) in [7, 11) is 0. The third-order valence-electron chi connectivity index (χ3n) is 4.72. The van der Waals surface area contributed by atoms with E-state index in [-0.39, 0.29) is 30.5 Å². The number of amides is 2. The number of hydrogen-bond donors (Lipinski definition) is 2. The maximum atomic E-state index is 12.1. The Hall–Kier alpha value is -1.10. The number of ether oxygens (including phenoxy) is 1. The fraction of sp³-hybridized carbons (Fsp3) is 0.882. The van der Waals surface area contributed by atoms with E-state index in [0.717, 1.165) is 25.7 Å². The molecular formula is C17H30N2O3. The van der Waals surface area contributed by atoms with E-state index in [2.05, 4.69) is 10.6 Å². The standard InChI is InChI=1S/C17H30N2O3/c1-2-15(22-14-10-6-7-11-14)17(21)18-12-16(20)19-13-8-4-3-5-9-13/h13-15H,2-12H2,1H3,(H,18,21)(H,19,20). The second-order valence-corrected chi connectivity index (χ2v) is 6.56. The predicted octanol–water partition coefficient (Wildman–Crippen LogP) is 2.29. The summed E-state index contributed by atoms with van der Waals surface area (Å²) in [6, 6.07) is 0.287. The number of carbonyl (C=O) groups excluding carboxylic acids is 2. The van der Waals surface area contributed by atoms with Gasteiger partial charge in [0.05, 0.1) is 12.6 Å². The number of hydrogen-bond acceptors (Lipinski definition) is 3. The number of nitrogens with one attached hydrogen (secondary N) is 2. The van der Waals surface area contributed by atoms with Crippen LogP contribution in [0, 0.1) is 0 Å². The molecule has 2 saturated carbocycles. The van der Waals surface area contributed by atoms with Crippen molar-refractivity contribution in [2.45, 2.75) is 89.4 Å². The summed E-state index contributed by atoms with van der Waals surface area (Å²) >= 11 is 0. The molecule has 2 N–H and O–H groups in total. The highest BCUT2D eigenvalue weighted by atomic mass is 16.5. The minimum absolute atomic E-state index is 0.0554. The first kappa shape index (κ1) is 17.3. The Kier molecular flexibility index (Phi) is 7.16. The molecule has 0 heterocycles. The average Bonchev–Trinajstić information content (AvgIpc) is 3.04. The minimum atomic E-state index is -0.425. The molecule has 22 heavy (non-hydrogen) atoms. The molecule has 0 spiro atoms. The lowest BCUT2D eigenvalue weighted by atomic mass is 9.95. The van der Waals surface area contributed by atoms with Crippen molar-refractivity contribution in [1.29, 1.82) is 0 Å². The first-order valence-electron chi connectivity index (χ1n) is 8.91. The molecule has 0 aromatic heterocycles. The Morgan fingerprint density at radius 3 is 2.32 bits per heavy atom. The van der Waals surface area contributed by atoms with Gasteiger partial charge in [0.1, 0.15) is 6.10 Å². The van der Waals surface area contributed by atoms with Gasteiger partial charge in [0.25, 0.3) is 0 Å². The Balaban J connectivity index is 1.66. The van der Waals surface area contributed by atoms with E-state index >= 15 is 0 Å². The Labute approximate surface area is 133 Å². The van der Waals surface area contributed by atoms with Crippen LogP contribution in [-0.2, 0) is 14.3 Å².